The van der Waals surface area contributed by atoms with Gasteiger partial charge in [0.25, 0.3) is 0 Å². The first-order valence-corrected chi connectivity index (χ1v) is 6.56. The number of rotatable bonds is 4. The summed E-state index contributed by atoms with van der Waals surface area (Å²) >= 11 is 0. The highest BCUT2D eigenvalue weighted by Gasteiger charge is 2.30. The van der Waals surface area contributed by atoms with Crippen LogP contribution >= 0.6 is 0 Å². The molecule has 0 aliphatic heterocycles. The molecule has 0 spiro atoms. The molecule has 0 radical (unpaired) electrons. The summed E-state index contributed by atoms with van der Waals surface area (Å²) in [5, 5.41) is 3.51. The fourth-order valence-corrected chi connectivity index (χ4v) is 2.69. The van der Waals surface area contributed by atoms with Crippen LogP contribution in [-0.4, -0.2) is 13.2 Å². The van der Waals surface area contributed by atoms with Gasteiger partial charge in [-0.3, -0.25) is 0 Å². The predicted octanol–water partition coefficient (Wildman–Crippen LogP) is 3.50. The molecule has 1 N–H and O–H groups in total. The maximum absolute atomic E-state index is 13.5. The van der Waals surface area contributed by atoms with E-state index in [2.05, 4.69) is 19.2 Å². The lowest BCUT2D eigenvalue weighted by atomic mass is 9.92. The highest BCUT2D eigenvalue weighted by atomic mass is 19.1. The summed E-state index contributed by atoms with van der Waals surface area (Å²) in [5.74, 6) is 0.0179. The Kier molecular flexibility index (Phi) is 3.91. The van der Waals surface area contributed by atoms with E-state index in [0.717, 1.165) is 12.1 Å². The Balaban J connectivity index is 1.89. The molecule has 18 heavy (non-hydrogen) atoms. The number of methoxy groups -OCH3 is 1. The Morgan fingerprint density at radius 3 is 2.78 bits per heavy atom. The van der Waals surface area contributed by atoms with Gasteiger partial charge in [-0.15, -0.1) is 0 Å². The third-order valence-corrected chi connectivity index (χ3v) is 3.78. The zero-order chi connectivity index (χ0) is 13.2. The molecule has 1 unspecified atom stereocenters. The van der Waals surface area contributed by atoms with Crippen LogP contribution in [0.2, 0.25) is 0 Å². The van der Waals surface area contributed by atoms with E-state index in [4.69, 9.17) is 4.74 Å². The maximum atomic E-state index is 13.5. The minimum Gasteiger partial charge on any atom is -0.494 e. The summed E-state index contributed by atoms with van der Waals surface area (Å²) in [6.07, 6.45) is 3.68. The van der Waals surface area contributed by atoms with Gasteiger partial charge in [0, 0.05) is 12.6 Å². The van der Waals surface area contributed by atoms with Crippen LogP contribution in [-0.2, 0) is 6.54 Å². The van der Waals surface area contributed by atoms with Crippen molar-refractivity contribution in [3.05, 3.63) is 29.6 Å². The fraction of sp³-hybridized carbons (Fsp3) is 0.600. The van der Waals surface area contributed by atoms with Gasteiger partial charge in [0.05, 0.1) is 7.11 Å². The molecule has 0 amide bonds. The van der Waals surface area contributed by atoms with Gasteiger partial charge >= 0.3 is 0 Å². The average Bonchev–Trinajstić information content (AvgIpc) is 2.66. The minimum atomic E-state index is -0.288. The van der Waals surface area contributed by atoms with Crippen molar-refractivity contribution in [3.63, 3.8) is 0 Å². The van der Waals surface area contributed by atoms with Crippen molar-refractivity contribution in [3.8, 4) is 5.75 Å². The quantitative estimate of drug-likeness (QED) is 0.884. The Morgan fingerprint density at radius 1 is 1.44 bits per heavy atom. The molecular formula is C15H22FNO. The van der Waals surface area contributed by atoms with Crippen LogP contribution in [0.5, 0.6) is 5.75 Å². The maximum Gasteiger partial charge on any atom is 0.165 e. The van der Waals surface area contributed by atoms with Crippen molar-refractivity contribution in [1.82, 2.24) is 5.32 Å². The van der Waals surface area contributed by atoms with Crippen LogP contribution in [0, 0.1) is 11.2 Å². The molecule has 2 rings (SSSR count). The second kappa shape index (κ2) is 5.27. The molecule has 0 saturated heterocycles. The number of halogens is 1. The normalized spacial score (nSPS) is 22.1. The predicted molar refractivity (Wildman–Crippen MR) is 71.2 cm³/mol. The first-order valence-electron chi connectivity index (χ1n) is 6.56. The van der Waals surface area contributed by atoms with Gasteiger partial charge < -0.3 is 10.1 Å². The molecular weight excluding hydrogens is 229 g/mol. The van der Waals surface area contributed by atoms with Crippen LogP contribution in [0.4, 0.5) is 4.39 Å². The SMILES string of the molecule is COc1ccc(CNC2CCC(C)(C)C2)cc1F. The molecule has 1 aliphatic rings. The highest BCUT2D eigenvalue weighted by Crippen LogP contribution is 2.37. The van der Waals surface area contributed by atoms with E-state index in [1.54, 1.807) is 12.1 Å². The third kappa shape index (κ3) is 3.22. The topological polar surface area (TPSA) is 21.3 Å². The molecule has 1 fully saturated rings. The molecule has 1 saturated carbocycles. The van der Waals surface area contributed by atoms with Crippen LogP contribution in [0.25, 0.3) is 0 Å². The van der Waals surface area contributed by atoms with Gasteiger partial charge in [0.1, 0.15) is 0 Å². The fourth-order valence-electron chi connectivity index (χ4n) is 2.69. The summed E-state index contributed by atoms with van der Waals surface area (Å²) in [6, 6.07) is 5.71. The molecule has 1 aliphatic carbocycles. The molecule has 1 atom stereocenters. The van der Waals surface area contributed by atoms with E-state index in [1.807, 2.05) is 6.07 Å². The largest absolute Gasteiger partial charge is 0.494 e. The Morgan fingerprint density at radius 2 is 2.22 bits per heavy atom. The highest BCUT2D eigenvalue weighted by molar-refractivity contribution is 5.29. The van der Waals surface area contributed by atoms with Crippen LogP contribution in [0.15, 0.2) is 18.2 Å². The van der Waals surface area contributed by atoms with Crippen LogP contribution in [0.1, 0.15) is 38.7 Å². The zero-order valence-electron chi connectivity index (χ0n) is 11.4. The van der Waals surface area contributed by atoms with Crippen LogP contribution < -0.4 is 10.1 Å². The monoisotopic (exact) mass is 251 g/mol. The van der Waals surface area contributed by atoms with E-state index in [1.165, 1.54) is 26.4 Å². The summed E-state index contributed by atoms with van der Waals surface area (Å²) in [6.45, 7) is 5.34. The smallest absolute Gasteiger partial charge is 0.165 e. The zero-order valence-corrected chi connectivity index (χ0v) is 11.4. The van der Waals surface area contributed by atoms with Crippen molar-refractivity contribution in [2.45, 2.75) is 45.7 Å². The Labute approximate surface area is 109 Å². The van der Waals surface area contributed by atoms with Gasteiger partial charge in [-0.05, 0) is 42.4 Å². The molecule has 0 heterocycles. The minimum absolute atomic E-state index is 0.288. The van der Waals surface area contributed by atoms with Crippen molar-refractivity contribution in [2.24, 2.45) is 5.41 Å². The summed E-state index contributed by atoms with van der Waals surface area (Å²) in [5.41, 5.74) is 1.42. The van der Waals surface area contributed by atoms with Gasteiger partial charge in [-0.25, -0.2) is 4.39 Å². The van der Waals surface area contributed by atoms with E-state index >= 15 is 0 Å². The second-order valence-corrected chi connectivity index (χ2v) is 5.95. The van der Waals surface area contributed by atoms with E-state index in [-0.39, 0.29) is 5.82 Å². The summed E-state index contributed by atoms with van der Waals surface area (Å²) in [7, 11) is 1.48. The lowest BCUT2D eigenvalue weighted by Crippen LogP contribution is -2.26. The molecule has 0 bridgehead atoms. The lowest BCUT2D eigenvalue weighted by Gasteiger charge is -2.18. The molecule has 0 aromatic heterocycles. The first kappa shape index (κ1) is 13.3. The Bertz CT molecular complexity index is 417. The summed E-state index contributed by atoms with van der Waals surface area (Å²) < 4.78 is 18.4. The standard InChI is InChI=1S/C15H22FNO/c1-15(2)7-6-12(9-15)17-10-11-4-5-14(18-3)13(16)8-11/h4-5,8,12,17H,6-7,9-10H2,1-3H3. The molecule has 1 aromatic rings. The Hall–Kier alpha value is -1.09. The number of hydrogen-bond donors (Lipinski definition) is 1. The average molecular weight is 251 g/mol. The third-order valence-electron chi connectivity index (χ3n) is 3.78. The van der Waals surface area contributed by atoms with Crippen molar-refractivity contribution in [1.29, 1.82) is 0 Å². The van der Waals surface area contributed by atoms with E-state index in [0.29, 0.717) is 17.2 Å². The summed E-state index contributed by atoms with van der Waals surface area (Å²) in [4.78, 5) is 0. The van der Waals surface area contributed by atoms with Gasteiger partial charge in [-0.2, -0.15) is 0 Å². The van der Waals surface area contributed by atoms with Gasteiger partial charge in [0.2, 0.25) is 0 Å². The van der Waals surface area contributed by atoms with Crippen molar-refractivity contribution < 1.29 is 9.13 Å². The number of nitrogens with one attached hydrogen (secondary N) is 1. The lowest BCUT2D eigenvalue weighted by molar-refractivity contribution is 0.364. The van der Waals surface area contributed by atoms with Crippen LogP contribution in [0.3, 0.4) is 0 Å². The number of benzene rings is 1. The molecule has 100 valence electrons. The van der Waals surface area contributed by atoms with Crippen molar-refractivity contribution in [2.75, 3.05) is 7.11 Å². The molecule has 1 aromatic carbocycles. The van der Waals surface area contributed by atoms with E-state index in [9.17, 15) is 4.39 Å². The molecule has 2 nitrogen and oxygen atoms in total. The number of hydrogen-bond acceptors (Lipinski definition) is 2. The number of ether oxygens (including phenoxy) is 1. The van der Waals surface area contributed by atoms with E-state index < -0.39 is 0 Å². The second-order valence-electron chi connectivity index (χ2n) is 5.95. The van der Waals surface area contributed by atoms with Crippen molar-refractivity contribution >= 4 is 0 Å². The van der Waals surface area contributed by atoms with Gasteiger partial charge in [0.15, 0.2) is 11.6 Å². The first-order chi connectivity index (χ1) is 8.50. The molecule has 3 heteroatoms. The van der Waals surface area contributed by atoms with Gasteiger partial charge in [-0.1, -0.05) is 19.9 Å².